The van der Waals surface area contributed by atoms with Gasteiger partial charge in [-0.2, -0.15) is 0 Å². The molecule has 96 valence electrons. The van der Waals surface area contributed by atoms with Gasteiger partial charge in [0.2, 0.25) is 0 Å². The van der Waals surface area contributed by atoms with Gasteiger partial charge in [0.1, 0.15) is 0 Å². The second-order valence-corrected chi connectivity index (χ2v) is 7.92. The van der Waals surface area contributed by atoms with E-state index < -0.39 is 20.8 Å². The summed E-state index contributed by atoms with van der Waals surface area (Å²) in [6.45, 7) is 2.14. The number of nitrogens with one attached hydrogen (secondary N) is 1. The maximum absolute atomic E-state index is 4.93. The Hall–Kier alpha value is -0.557. The number of fused-ring (bicyclic) bond motifs is 1. The van der Waals surface area contributed by atoms with E-state index in [1.807, 2.05) is 18.4 Å². The van der Waals surface area contributed by atoms with E-state index in [0.717, 1.165) is 5.70 Å². The Balaban J connectivity index is 0.000000408. The number of halogens is 2. The molecule has 2 aliphatic carbocycles. The molecule has 19 heavy (non-hydrogen) atoms. The molecule has 0 spiro atoms. The molecule has 1 aliphatic heterocycles. The molecule has 1 N–H and O–H groups in total. The Kier molecular flexibility index (Phi) is 5.69. The summed E-state index contributed by atoms with van der Waals surface area (Å²) >= 11 is -0.826. The third-order valence-corrected chi connectivity index (χ3v) is 2.90. The van der Waals surface area contributed by atoms with Crippen LogP contribution in [-0.2, 0) is 20.8 Å². The summed E-state index contributed by atoms with van der Waals surface area (Å²) in [5.41, 5.74) is 6.42. The Morgan fingerprint density at radius 1 is 0.947 bits per heavy atom. The zero-order valence-corrected chi connectivity index (χ0v) is 14.4. The summed E-state index contributed by atoms with van der Waals surface area (Å²) in [5.74, 6) is 0. The zero-order valence-electron chi connectivity index (χ0n) is 10.5. The van der Waals surface area contributed by atoms with Crippen LogP contribution >= 0.6 is 17.0 Å². The van der Waals surface area contributed by atoms with Crippen LogP contribution in [0.25, 0.3) is 0 Å². The average Bonchev–Trinajstić information content (AvgIpc) is 2.80. The van der Waals surface area contributed by atoms with Gasteiger partial charge in [-0.05, 0) is 35.8 Å². The Bertz CT molecular complexity index is 575. The second kappa shape index (κ2) is 7.29. The first kappa shape index (κ1) is 14.8. The van der Waals surface area contributed by atoms with Crippen molar-refractivity contribution in [2.45, 2.75) is 6.92 Å². The van der Waals surface area contributed by atoms with Gasteiger partial charge in [0.25, 0.3) is 0 Å². The van der Waals surface area contributed by atoms with Crippen molar-refractivity contribution in [2.75, 3.05) is 0 Å². The van der Waals surface area contributed by atoms with Crippen molar-refractivity contribution >= 4 is 17.0 Å². The van der Waals surface area contributed by atoms with E-state index in [4.69, 9.17) is 17.0 Å². The number of allylic oxidation sites excluding steroid dienone is 11. The molecule has 0 aromatic carbocycles. The van der Waals surface area contributed by atoms with Gasteiger partial charge in [-0.3, -0.25) is 0 Å². The molecule has 0 atom stereocenters. The Morgan fingerprint density at radius 3 is 2.53 bits per heavy atom. The summed E-state index contributed by atoms with van der Waals surface area (Å²) < 4.78 is 0. The first-order valence-corrected chi connectivity index (χ1v) is 12.2. The first-order chi connectivity index (χ1) is 9.26. The van der Waals surface area contributed by atoms with E-state index in [1.54, 1.807) is 0 Å². The van der Waals surface area contributed by atoms with Crippen molar-refractivity contribution in [3.63, 3.8) is 0 Å². The Morgan fingerprint density at radius 2 is 1.74 bits per heavy atom. The monoisotopic (exact) mass is 367 g/mol. The van der Waals surface area contributed by atoms with Crippen molar-refractivity contribution in [2.24, 2.45) is 0 Å². The van der Waals surface area contributed by atoms with Gasteiger partial charge in [-0.1, -0.05) is 36.5 Å². The van der Waals surface area contributed by atoms with Crippen molar-refractivity contribution in [1.82, 2.24) is 5.32 Å². The number of hydrogen-bond acceptors (Lipinski definition) is 1. The second-order valence-electron chi connectivity index (χ2n) is 4.19. The molecule has 1 heterocycles. The van der Waals surface area contributed by atoms with Crippen LogP contribution in [0.4, 0.5) is 0 Å². The molecule has 4 heteroatoms. The van der Waals surface area contributed by atoms with E-state index >= 15 is 0 Å². The van der Waals surface area contributed by atoms with Gasteiger partial charge in [0.05, 0.1) is 0 Å². The SMILES string of the molecule is CC1=CC2=CC=C(C3=CC=CC=CN3)C2=C1.[Cl][Zr][Cl]. The predicted octanol–water partition coefficient (Wildman–Crippen LogP) is 4.67. The molecular weight excluding hydrogens is 356 g/mol. The van der Waals surface area contributed by atoms with Gasteiger partial charge in [0, 0.05) is 17.5 Å². The van der Waals surface area contributed by atoms with E-state index in [9.17, 15) is 0 Å². The van der Waals surface area contributed by atoms with Gasteiger partial charge < -0.3 is 5.32 Å². The van der Waals surface area contributed by atoms with Crippen molar-refractivity contribution in [3.05, 3.63) is 82.8 Å². The third-order valence-electron chi connectivity index (χ3n) is 2.90. The predicted molar refractivity (Wildman–Crippen MR) is 79.2 cm³/mol. The van der Waals surface area contributed by atoms with E-state index in [0.29, 0.717) is 0 Å². The van der Waals surface area contributed by atoms with Crippen molar-refractivity contribution in [1.29, 1.82) is 0 Å². The summed E-state index contributed by atoms with van der Waals surface area (Å²) in [5, 5.41) is 3.30. The normalized spacial score (nSPS) is 18.8. The quantitative estimate of drug-likeness (QED) is 0.708. The standard InChI is InChI=1S/C15H13N.2ClH.Zr/c1-11-9-12-6-7-13(14(12)10-11)15-5-3-2-4-8-16-15;;;/h2-10,16H,1H3;2*1H;/q;;;+2/p-2. The number of rotatable bonds is 1. The van der Waals surface area contributed by atoms with Crippen molar-refractivity contribution < 1.29 is 20.8 Å². The van der Waals surface area contributed by atoms with Crippen LogP contribution in [0.1, 0.15) is 6.92 Å². The van der Waals surface area contributed by atoms with E-state index in [1.165, 1.54) is 22.3 Å². The van der Waals surface area contributed by atoms with E-state index in [-0.39, 0.29) is 0 Å². The Labute approximate surface area is 132 Å². The van der Waals surface area contributed by atoms with Crippen LogP contribution < -0.4 is 5.32 Å². The van der Waals surface area contributed by atoms with Gasteiger partial charge in [-0.15, -0.1) is 0 Å². The fourth-order valence-corrected chi connectivity index (χ4v) is 2.17. The van der Waals surface area contributed by atoms with Crippen molar-refractivity contribution in [3.8, 4) is 0 Å². The zero-order chi connectivity index (χ0) is 13.7. The third kappa shape index (κ3) is 3.72. The van der Waals surface area contributed by atoms with Crippen LogP contribution in [-0.4, -0.2) is 0 Å². The maximum atomic E-state index is 4.93. The van der Waals surface area contributed by atoms with Crippen LogP contribution in [0.2, 0.25) is 0 Å². The van der Waals surface area contributed by atoms with Crippen LogP contribution in [0.15, 0.2) is 82.8 Å². The molecule has 3 aliphatic rings. The molecule has 0 aromatic rings. The van der Waals surface area contributed by atoms with Crippen LogP contribution in [0.3, 0.4) is 0 Å². The van der Waals surface area contributed by atoms with Gasteiger partial charge in [-0.25, -0.2) is 0 Å². The first-order valence-electron chi connectivity index (χ1n) is 5.85. The molecule has 1 nitrogen and oxygen atoms in total. The topological polar surface area (TPSA) is 12.0 Å². The summed E-state index contributed by atoms with van der Waals surface area (Å²) in [4.78, 5) is 0. The summed E-state index contributed by atoms with van der Waals surface area (Å²) in [6.07, 6.45) is 19.0. The van der Waals surface area contributed by atoms with Gasteiger partial charge >= 0.3 is 37.9 Å². The molecule has 0 saturated heterocycles. The molecule has 3 rings (SSSR count). The average molecular weight is 369 g/mol. The molecule has 0 unspecified atom stereocenters. The molecular formula is C15H13Cl2NZr. The molecule has 0 radical (unpaired) electrons. The molecule has 0 fully saturated rings. The van der Waals surface area contributed by atoms with E-state index in [2.05, 4.69) is 48.7 Å². The summed E-state index contributed by atoms with van der Waals surface area (Å²) in [6, 6.07) is 0. The van der Waals surface area contributed by atoms with Crippen LogP contribution in [0.5, 0.6) is 0 Å². The molecule has 0 saturated carbocycles. The fraction of sp³-hybridized carbons (Fsp3) is 0.0667. The summed E-state index contributed by atoms with van der Waals surface area (Å²) in [7, 11) is 9.87. The van der Waals surface area contributed by atoms with Gasteiger partial charge in [0.15, 0.2) is 0 Å². The minimum atomic E-state index is -0.826. The minimum absolute atomic E-state index is 0.826. The molecule has 0 aromatic heterocycles. The molecule has 0 amide bonds. The fourth-order valence-electron chi connectivity index (χ4n) is 2.17. The van der Waals surface area contributed by atoms with Crippen LogP contribution in [0, 0.1) is 0 Å². The molecule has 0 bridgehead atoms. The number of hydrogen-bond donors (Lipinski definition) is 1.